The van der Waals surface area contributed by atoms with Crippen molar-refractivity contribution in [1.29, 1.82) is 0 Å². The van der Waals surface area contributed by atoms with Gasteiger partial charge in [-0.3, -0.25) is 0 Å². The molecule has 0 spiro atoms. The molecule has 12 heavy (non-hydrogen) atoms. The number of rotatable bonds is 7. The highest BCUT2D eigenvalue weighted by atomic mass is 35.5. The third-order valence-electron chi connectivity index (χ3n) is 1.83. The van der Waals surface area contributed by atoms with Gasteiger partial charge in [-0.2, -0.15) is 0 Å². The fraction of sp³-hybridized carbons (Fsp3) is 0.889. The fourth-order valence-electron chi connectivity index (χ4n) is 0.930. The van der Waals surface area contributed by atoms with Gasteiger partial charge >= 0.3 is 0 Å². The van der Waals surface area contributed by atoms with Crippen LogP contribution in [0.2, 0.25) is 0 Å². The van der Waals surface area contributed by atoms with Crippen LogP contribution in [0.5, 0.6) is 0 Å². The molecule has 1 heterocycles. The van der Waals surface area contributed by atoms with Crippen LogP contribution in [-0.4, -0.2) is 31.3 Å². The van der Waals surface area contributed by atoms with E-state index in [0.29, 0.717) is 6.10 Å². The van der Waals surface area contributed by atoms with E-state index in [9.17, 15) is 0 Å². The molecular weight excluding hydrogens is 176 g/mol. The fourth-order valence-corrected chi connectivity index (χ4v) is 1.08. The lowest BCUT2D eigenvalue weighted by Crippen LogP contribution is -2.05. The standard InChI is InChI=1S/C9H16ClO2/c1-2-8(10)4-3-5-11-6-9-7-12-9/h8-9H,1-7H2. The van der Waals surface area contributed by atoms with Crippen LogP contribution in [0.3, 0.4) is 0 Å². The van der Waals surface area contributed by atoms with Gasteiger partial charge in [0, 0.05) is 12.0 Å². The second kappa shape index (κ2) is 5.79. The number of ether oxygens (including phenoxy) is 2. The van der Waals surface area contributed by atoms with Crippen LogP contribution >= 0.6 is 11.6 Å². The first kappa shape index (κ1) is 10.3. The summed E-state index contributed by atoms with van der Waals surface area (Å²) in [6.07, 6.45) is 3.20. The number of alkyl halides is 1. The Morgan fingerprint density at radius 3 is 3.00 bits per heavy atom. The summed E-state index contributed by atoms with van der Waals surface area (Å²) >= 11 is 5.88. The van der Waals surface area contributed by atoms with Crippen LogP contribution in [0.15, 0.2) is 0 Å². The molecule has 3 heteroatoms. The Bertz CT molecular complexity index is 115. The van der Waals surface area contributed by atoms with E-state index in [1.54, 1.807) is 0 Å². The van der Waals surface area contributed by atoms with Crippen LogP contribution < -0.4 is 0 Å². The first-order valence-corrected chi connectivity index (χ1v) is 4.89. The molecule has 1 aliphatic heterocycles. The van der Waals surface area contributed by atoms with Gasteiger partial charge in [-0.15, -0.1) is 11.6 Å². The molecule has 1 fully saturated rings. The van der Waals surface area contributed by atoms with E-state index in [1.807, 2.05) is 0 Å². The topological polar surface area (TPSA) is 21.8 Å². The van der Waals surface area contributed by atoms with Crippen molar-refractivity contribution in [2.45, 2.75) is 30.7 Å². The molecule has 0 aliphatic carbocycles. The first-order chi connectivity index (χ1) is 5.83. The van der Waals surface area contributed by atoms with Crippen LogP contribution in [0.4, 0.5) is 0 Å². The third-order valence-corrected chi connectivity index (χ3v) is 2.26. The molecular formula is C9H16ClO2. The Kier molecular flexibility index (Phi) is 4.96. The van der Waals surface area contributed by atoms with Gasteiger partial charge in [-0.25, -0.2) is 0 Å². The molecule has 0 N–H and O–H groups in total. The van der Waals surface area contributed by atoms with Crippen LogP contribution in [0.25, 0.3) is 0 Å². The Morgan fingerprint density at radius 2 is 2.42 bits per heavy atom. The van der Waals surface area contributed by atoms with Gasteiger partial charge in [-0.05, 0) is 19.3 Å². The summed E-state index contributed by atoms with van der Waals surface area (Å²) < 4.78 is 10.3. The van der Waals surface area contributed by atoms with Crippen molar-refractivity contribution in [2.24, 2.45) is 0 Å². The van der Waals surface area contributed by atoms with Gasteiger partial charge < -0.3 is 9.47 Å². The van der Waals surface area contributed by atoms with Crippen molar-refractivity contribution in [2.75, 3.05) is 19.8 Å². The van der Waals surface area contributed by atoms with Crippen molar-refractivity contribution in [3.8, 4) is 0 Å². The molecule has 2 nitrogen and oxygen atoms in total. The molecule has 71 valence electrons. The Balaban J connectivity index is 1.75. The first-order valence-electron chi connectivity index (χ1n) is 4.45. The summed E-state index contributed by atoms with van der Waals surface area (Å²) in [5.74, 6) is 0. The average Bonchev–Trinajstić information content (AvgIpc) is 2.87. The Hall–Kier alpha value is 0.210. The molecule has 1 saturated heterocycles. The lowest BCUT2D eigenvalue weighted by molar-refractivity contribution is 0.113. The van der Waals surface area contributed by atoms with Crippen molar-refractivity contribution in [1.82, 2.24) is 0 Å². The maximum Gasteiger partial charge on any atom is 0.104 e. The minimum atomic E-state index is 0.214. The molecule has 0 bridgehead atoms. The minimum absolute atomic E-state index is 0.214. The highest BCUT2D eigenvalue weighted by molar-refractivity contribution is 6.20. The molecule has 0 aromatic heterocycles. The van der Waals surface area contributed by atoms with E-state index >= 15 is 0 Å². The van der Waals surface area contributed by atoms with Crippen LogP contribution in [0, 0.1) is 6.92 Å². The van der Waals surface area contributed by atoms with E-state index in [0.717, 1.165) is 39.1 Å². The summed E-state index contributed by atoms with van der Waals surface area (Å²) in [6, 6.07) is 0. The average molecular weight is 192 g/mol. The molecule has 1 radical (unpaired) electrons. The monoisotopic (exact) mass is 191 g/mol. The molecule has 2 atom stereocenters. The predicted octanol–water partition coefficient (Wildman–Crippen LogP) is 2.01. The number of epoxide rings is 1. The highest BCUT2D eigenvalue weighted by Gasteiger charge is 2.21. The zero-order valence-corrected chi connectivity index (χ0v) is 8.05. The molecule has 0 aromatic rings. The number of halogens is 1. The molecule has 0 aromatic carbocycles. The second-order valence-electron chi connectivity index (χ2n) is 3.06. The van der Waals surface area contributed by atoms with Gasteiger partial charge in [0.15, 0.2) is 0 Å². The maximum atomic E-state index is 5.88. The van der Waals surface area contributed by atoms with Crippen molar-refractivity contribution in [3.05, 3.63) is 6.92 Å². The van der Waals surface area contributed by atoms with E-state index in [4.69, 9.17) is 21.1 Å². The van der Waals surface area contributed by atoms with Gasteiger partial charge in [0.25, 0.3) is 0 Å². The van der Waals surface area contributed by atoms with Crippen LogP contribution in [-0.2, 0) is 9.47 Å². The largest absolute Gasteiger partial charge is 0.379 e. The molecule has 0 saturated carbocycles. The molecule has 1 aliphatic rings. The Morgan fingerprint density at radius 1 is 1.67 bits per heavy atom. The number of hydrogen-bond donors (Lipinski definition) is 0. The summed E-state index contributed by atoms with van der Waals surface area (Å²) in [5.41, 5.74) is 0. The maximum absolute atomic E-state index is 5.88. The lowest BCUT2D eigenvalue weighted by atomic mass is 10.2. The zero-order valence-electron chi connectivity index (χ0n) is 7.30. The lowest BCUT2D eigenvalue weighted by Gasteiger charge is -2.05. The van der Waals surface area contributed by atoms with E-state index in [1.165, 1.54) is 0 Å². The van der Waals surface area contributed by atoms with Crippen molar-refractivity contribution in [3.63, 3.8) is 0 Å². The van der Waals surface area contributed by atoms with Gasteiger partial charge in [0.05, 0.1) is 13.2 Å². The molecule has 0 amide bonds. The summed E-state index contributed by atoms with van der Waals surface area (Å²) in [6.45, 7) is 6.14. The smallest absolute Gasteiger partial charge is 0.104 e. The van der Waals surface area contributed by atoms with E-state index in [2.05, 4.69) is 6.92 Å². The summed E-state index contributed by atoms with van der Waals surface area (Å²) in [7, 11) is 0. The molecule has 2 unspecified atom stereocenters. The highest BCUT2D eigenvalue weighted by Crippen LogP contribution is 2.11. The molecule has 1 rings (SSSR count). The number of hydrogen-bond acceptors (Lipinski definition) is 2. The summed E-state index contributed by atoms with van der Waals surface area (Å²) in [4.78, 5) is 0. The van der Waals surface area contributed by atoms with Crippen LogP contribution in [0.1, 0.15) is 19.3 Å². The predicted molar refractivity (Wildman–Crippen MR) is 49.4 cm³/mol. The summed E-state index contributed by atoms with van der Waals surface area (Å²) in [5, 5.41) is 0.214. The van der Waals surface area contributed by atoms with E-state index in [-0.39, 0.29) is 5.38 Å². The Labute approximate surface area is 79.2 Å². The van der Waals surface area contributed by atoms with E-state index < -0.39 is 0 Å². The van der Waals surface area contributed by atoms with Gasteiger partial charge in [-0.1, -0.05) is 6.92 Å². The normalized spacial score (nSPS) is 24.0. The van der Waals surface area contributed by atoms with Gasteiger partial charge in [0.1, 0.15) is 6.10 Å². The van der Waals surface area contributed by atoms with Crippen molar-refractivity contribution >= 4 is 11.6 Å². The quantitative estimate of drug-likeness (QED) is 0.349. The SMILES string of the molecule is [CH2]CC(Cl)CCCOCC1CO1. The minimum Gasteiger partial charge on any atom is -0.379 e. The second-order valence-corrected chi connectivity index (χ2v) is 3.68. The van der Waals surface area contributed by atoms with Gasteiger partial charge in [0.2, 0.25) is 0 Å². The third kappa shape index (κ3) is 4.96. The zero-order chi connectivity index (χ0) is 8.81. The van der Waals surface area contributed by atoms with Crippen molar-refractivity contribution < 1.29 is 9.47 Å².